The summed E-state index contributed by atoms with van der Waals surface area (Å²) in [4.78, 5) is 11.1. The van der Waals surface area contributed by atoms with Crippen molar-refractivity contribution >= 4 is 5.97 Å². The van der Waals surface area contributed by atoms with Crippen LogP contribution in [0.4, 0.5) is 0 Å². The molecule has 0 spiro atoms. The fourth-order valence-electron chi connectivity index (χ4n) is 2.89. The molecular weight excluding hydrogens is 128 g/mol. The molecule has 2 aliphatic carbocycles. The van der Waals surface area contributed by atoms with Gasteiger partial charge in [0, 0.05) is 0 Å². The van der Waals surface area contributed by atoms with Crippen LogP contribution in [0.3, 0.4) is 0 Å². The van der Waals surface area contributed by atoms with Crippen LogP contribution in [0, 0.1) is 17.8 Å². The maximum absolute atomic E-state index is 11.1. The van der Waals surface area contributed by atoms with Gasteiger partial charge in [0.25, 0.3) is 0 Å². The van der Waals surface area contributed by atoms with Crippen molar-refractivity contribution in [2.45, 2.75) is 25.4 Å². The third-order valence-corrected chi connectivity index (χ3v) is 3.36. The molecule has 3 unspecified atom stereocenters. The Morgan fingerprint density at radius 3 is 2.60 bits per heavy atom. The lowest BCUT2D eigenvalue weighted by Crippen LogP contribution is -2.39. The standard InChI is InChI=1S/C8H10O2/c9-8-6-2-5-1-4(6)3-7(5)10-8/h4-7H,1-3H2/t4?,5?,6?,7-/m1/s1. The van der Waals surface area contributed by atoms with Crippen molar-refractivity contribution in [2.75, 3.05) is 0 Å². The fraction of sp³-hybridized carbons (Fsp3) is 0.875. The van der Waals surface area contributed by atoms with Gasteiger partial charge >= 0.3 is 5.97 Å². The molecule has 0 aromatic rings. The summed E-state index contributed by atoms with van der Waals surface area (Å²) in [5.74, 6) is 1.84. The Hall–Kier alpha value is -0.530. The fourth-order valence-corrected chi connectivity index (χ4v) is 2.89. The molecule has 0 radical (unpaired) electrons. The molecule has 10 heavy (non-hydrogen) atoms. The van der Waals surface area contributed by atoms with E-state index in [1.54, 1.807) is 0 Å². The van der Waals surface area contributed by atoms with E-state index in [1.807, 2.05) is 0 Å². The predicted octanol–water partition coefficient (Wildman–Crippen LogP) is 0.958. The number of carbonyl (C=O) groups is 1. The van der Waals surface area contributed by atoms with Crippen molar-refractivity contribution in [1.29, 1.82) is 0 Å². The van der Waals surface area contributed by atoms with Gasteiger partial charge in [-0.05, 0) is 31.1 Å². The molecule has 4 atom stereocenters. The highest BCUT2D eigenvalue weighted by atomic mass is 16.5. The second kappa shape index (κ2) is 1.39. The number of hydrogen-bond donors (Lipinski definition) is 0. The molecule has 0 amide bonds. The minimum absolute atomic E-state index is 0.0926. The second-order valence-corrected chi connectivity index (χ2v) is 3.81. The van der Waals surface area contributed by atoms with Crippen LogP contribution >= 0.6 is 0 Å². The van der Waals surface area contributed by atoms with E-state index in [0.29, 0.717) is 17.9 Å². The van der Waals surface area contributed by atoms with Gasteiger partial charge < -0.3 is 4.74 Å². The summed E-state index contributed by atoms with van der Waals surface area (Å²) in [6, 6.07) is 0. The van der Waals surface area contributed by atoms with Gasteiger partial charge in [-0.2, -0.15) is 0 Å². The summed E-state index contributed by atoms with van der Waals surface area (Å²) in [6.07, 6.45) is 3.89. The summed E-state index contributed by atoms with van der Waals surface area (Å²) < 4.78 is 5.20. The molecule has 2 heterocycles. The largest absolute Gasteiger partial charge is 0.462 e. The topological polar surface area (TPSA) is 26.3 Å². The Morgan fingerprint density at radius 1 is 1.20 bits per heavy atom. The second-order valence-electron chi connectivity index (χ2n) is 3.81. The first-order valence-electron chi connectivity index (χ1n) is 4.05. The van der Waals surface area contributed by atoms with Crippen molar-refractivity contribution in [3.8, 4) is 0 Å². The summed E-state index contributed by atoms with van der Waals surface area (Å²) in [7, 11) is 0. The van der Waals surface area contributed by atoms with E-state index in [1.165, 1.54) is 12.8 Å². The predicted molar refractivity (Wildman–Crippen MR) is 34.2 cm³/mol. The lowest BCUT2D eigenvalue weighted by atomic mass is 9.84. The number of rotatable bonds is 0. The highest BCUT2D eigenvalue weighted by Gasteiger charge is 2.55. The summed E-state index contributed by atoms with van der Waals surface area (Å²) in [5, 5.41) is 0. The molecule has 4 rings (SSSR count). The monoisotopic (exact) mass is 138 g/mol. The van der Waals surface area contributed by atoms with Crippen LogP contribution in [0.2, 0.25) is 0 Å². The SMILES string of the molecule is O=C1O[C@@H]2CC3CC2CC13. The van der Waals surface area contributed by atoms with Crippen LogP contribution < -0.4 is 0 Å². The summed E-state index contributed by atoms with van der Waals surface area (Å²) in [5.41, 5.74) is 0. The molecule has 4 fully saturated rings. The van der Waals surface area contributed by atoms with Crippen molar-refractivity contribution in [2.24, 2.45) is 17.8 Å². The molecule has 0 aromatic carbocycles. The highest BCUT2D eigenvalue weighted by molar-refractivity contribution is 5.75. The lowest BCUT2D eigenvalue weighted by molar-refractivity contribution is -0.169. The number of fused-ring (bicyclic) bond motifs is 1. The van der Waals surface area contributed by atoms with E-state index in [0.717, 1.165) is 12.3 Å². The van der Waals surface area contributed by atoms with Crippen LogP contribution in [0.5, 0.6) is 0 Å². The van der Waals surface area contributed by atoms with Gasteiger partial charge in [0.15, 0.2) is 0 Å². The molecule has 0 N–H and O–H groups in total. The van der Waals surface area contributed by atoms with E-state index in [9.17, 15) is 4.79 Å². The Bertz CT molecular complexity index is 197. The molecule has 4 bridgehead atoms. The van der Waals surface area contributed by atoms with Crippen LogP contribution in [0.15, 0.2) is 0 Å². The Balaban J connectivity index is 2.05. The van der Waals surface area contributed by atoms with Gasteiger partial charge in [0.2, 0.25) is 0 Å². The van der Waals surface area contributed by atoms with Crippen molar-refractivity contribution in [3.63, 3.8) is 0 Å². The Labute approximate surface area is 59.6 Å². The molecule has 2 nitrogen and oxygen atoms in total. The third-order valence-electron chi connectivity index (χ3n) is 3.36. The lowest BCUT2D eigenvalue weighted by Gasteiger charge is -2.33. The molecule has 0 aromatic heterocycles. The first kappa shape index (κ1) is 5.16. The molecule has 2 heteroatoms. The minimum Gasteiger partial charge on any atom is -0.462 e. The average Bonchev–Trinajstić information content (AvgIpc) is 2.41. The van der Waals surface area contributed by atoms with Gasteiger partial charge in [0.1, 0.15) is 6.10 Å². The van der Waals surface area contributed by atoms with Crippen molar-refractivity contribution < 1.29 is 9.53 Å². The molecule has 54 valence electrons. The molecule has 2 saturated heterocycles. The molecule has 4 aliphatic rings. The van der Waals surface area contributed by atoms with Gasteiger partial charge in [-0.1, -0.05) is 0 Å². The Kier molecular flexibility index (Phi) is 0.715. The van der Waals surface area contributed by atoms with E-state index in [4.69, 9.17) is 4.74 Å². The molecule has 2 aliphatic heterocycles. The van der Waals surface area contributed by atoms with E-state index >= 15 is 0 Å². The van der Waals surface area contributed by atoms with Crippen LogP contribution in [0.1, 0.15) is 19.3 Å². The first-order valence-corrected chi connectivity index (χ1v) is 4.05. The minimum atomic E-state index is 0.0926. The van der Waals surface area contributed by atoms with E-state index in [-0.39, 0.29) is 5.97 Å². The zero-order valence-electron chi connectivity index (χ0n) is 5.75. The zero-order chi connectivity index (χ0) is 6.72. The smallest absolute Gasteiger partial charge is 0.309 e. The summed E-state index contributed by atoms with van der Waals surface area (Å²) >= 11 is 0. The van der Waals surface area contributed by atoms with Crippen LogP contribution in [-0.2, 0) is 9.53 Å². The van der Waals surface area contributed by atoms with Crippen molar-refractivity contribution in [3.05, 3.63) is 0 Å². The van der Waals surface area contributed by atoms with Gasteiger partial charge in [-0.15, -0.1) is 0 Å². The number of ether oxygens (including phenoxy) is 1. The number of carbonyl (C=O) groups excluding carboxylic acids is 1. The maximum Gasteiger partial charge on any atom is 0.309 e. The van der Waals surface area contributed by atoms with Crippen molar-refractivity contribution in [1.82, 2.24) is 0 Å². The highest BCUT2D eigenvalue weighted by Crippen LogP contribution is 2.53. The average molecular weight is 138 g/mol. The normalized spacial score (nSPS) is 55.8. The van der Waals surface area contributed by atoms with Crippen LogP contribution in [0.25, 0.3) is 0 Å². The molecular formula is C8H10O2. The summed E-state index contributed by atoms with van der Waals surface area (Å²) in [6.45, 7) is 0. The molecule has 2 saturated carbocycles. The van der Waals surface area contributed by atoms with E-state index < -0.39 is 0 Å². The van der Waals surface area contributed by atoms with Gasteiger partial charge in [-0.3, -0.25) is 4.79 Å². The van der Waals surface area contributed by atoms with Gasteiger partial charge in [-0.25, -0.2) is 0 Å². The number of hydrogen-bond acceptors (Lipinski definition) is 2. The van der Waals surface area contributed by atoms with E-state index in [2.05, 4.69) is 0 Å². The quantitative estimate of drug-likeness (QED) is 0.466. The first-order chi connectivity index (χ1) is 4.84. The van der Waals surface area contributed by atoms with Gasteiger partial charge in [0.05, 0.1) is 5.92 Å². The van der Waals surface area contributed by atoms with Crippen LogP contribution in [-0.4, -0.2) is 12.1 Å². The Morgan fingerprint density at radius 2 is 2.10 bits per heavy atom. The number of esters is 1. The maximum atomic E-state index is 11.1. The third kappa shape index (κ3) is 0.414. The zero-order valence-corrected chi connectivity index (χ0v) is 5.75.